The summed E-state index contributed by atoms with van der Waals surface area (Å²) in [6.45, 7) is 2.84. The molecule has 0 aliphatic rings. The summed E-state index contributed by atoms with van der Waals surface area (Å²) in [5, 5.41) is 13.6. The van der Waals surface area contributed by atoms with Crippen molar-refractivity contribution in [1.29, 1.82) is 0 Å². The van der Waals surface area contributed by atoms with Crippen LogP contribution in [0.3, 0.4) is 0 Å². The Hall–Kier alpha value is -1.46. The summed E-state index contributed by atoms with van der Waals surface area (Å²) in [5.41, 5.74) is 1.24. The number of benzene rings is 1. The molecule has 1 rings (SSSR count). The van der Waals surface area contributed by atoms with Gasteiger partial charge in [-0.2, -0.15) is 0 Å². The quantitative estimate of drug-likeness (QED) is 0.445. The summed E-state index contributed by atoms with van der Waals surface area (Å²) in [5.74, 6) is 0. The van der Waals surface area contributed by atoms with Crippen LogP contribution in [0.5, 0.6) is 0 Å². The molecule has 1 aromatic carbocycles. The standard InChI is InChI=1S/C12H19N3O2/c1-13-8-3-9-14(2)10-11-4-6-12(7-5-11)15(16)17/h4-7,13H,3,8-10H2,1-2H3. The molecule has 0 unspecified atom stereocenters. The maximum Gasteiger partial charge on any atom is 0.269 e. The highest BCUT2D eigenvalue weighted by atomic mass is 16.6. The van der Waals surface area contributed by atoms with Gasteiger partial charge in [0.05, 0.1) is 4.92 Å². The van der Waals surface area contributed by atoms with Gasteiger partial charge in [0.1, 0.15) is 0 Å². The highest BCUT2D eigenvalue weighted by molar-refractivity contribution is 5.32. The lowest BCUT2D eigenvalue weighted by Gasteiger charge is -2.16. The van der Waals surface area contributed by atoms with Gasteiger partial charge in [0, 0.05) is 18.7 Å². The summed E-state index contributed by atoms with van der Waals surface area (Å²) in [6, 6.07) is 6.73. The minimum atomic E-state index is -0.375. The van der Waals surface area contributed by atoms with Crippen LogP contribution in [0.4, 0.5) is 5.69 Å². The summed E-state index contributed by atoms with van der Waals surface area (Å²) < 4.78 is 0. The van der Waals surface area contributed by atoms with Gasteiger partial charge >= 0.3 is 0 Å². The molecule has 0 aliphatic carbocycles. The van der Waals surface area contributed by atoms with Crippen molar-refractivity contribution in [2.24, 2.45) is 0 Å². The fourth-order valence-corrected chi connectivity index (χ4v) is 1.64. The Labute approximate surface area is 102 Å². The van der Waals surface area contributed by atoms with E-state index in [4.69, 9.17) is 0 Å². The molecule has 1 aromatic rings. The van der Waals surface area contributed by atoms with Gasteiger partial charge in [-0.3, -0.25) is 10.1 Å². The minimum absolute atomic E-state index is 0.145. The highest BCUT2D eigenvalue weighted by Gasteiger charge is 2.05. The van der Waals surface area contributed by atoms with Gasteiger partial charge in [-0.15, -0.1) is 0 Å². The first kappa shape index (κ1) is 13.6. The number of nitro benzene ring substituents is 1. The van der Waals surface area contributed by atoms with Crippen molar-refractivity contribution in [3.05, 3.63) is 39.9 Å². The van der Waals surface area contributed by atoms with E-state index < -0.39 is 0 Å². The van der Waals surface area contributed by atoms with Crippen molar-refractivity contribution >= 4 is 5.69 Å². The van der Waals surface area contributed by atoms with Crippen LogP contribution in [0.2, 0.25) is 0 Å². The van der Waals surface area contributed by atoms with E-state index in [0.29, 0.717) is 0 Å². The largest absolute Gasteiger partial charge is 0.320 e. The highest BCUT2D eigenvalue weighted by Crippen LogP contribution is 2.12. The maximum atomic E-state index is 10.5. The van der Waals surface area contributed by atoms with E-state index in [9.17, 15) is 10.1 Å². The monoisotopic (exact) mass is 237 g/mol. The third-order valence-electron chi connectivity index (χ3n) is 2.57. The maximum absolute atomic E-state index is 10.5. The molecule has 0 saturated carbocycles. The topological polar surface area (TPSA) is 58.4 Å². The molecule has 17 heavy (non-hydrogen) atoms. The second-order valence-electron chi connectivity index (χ2n) is 4.12. The van der Waals surface area contributed by atoms with Gasteiger partial charge in [0.15, 0.2) is 0 Å². The molecule has 0 heterocycles. The van der Waals surface area contributed by atoms with Crippen LogP contribution in [0.25, 0.3) is 0 Å². The molecule has 0 aromatic heterocycles. The zero-order valence-corrected chi connectivity index (χ0v) is 10.3. The van der Waals surface area contributed by atoms with Crippen molar-refractivity contribution in [2.45, 2.75) is 13.0 Å². The third-order valence-corrected chi connectivity index (χ3v) is 2.57. The van der Waals surface area contributed by atoms with Crippen molar-refractivity contribution in [2.75, 3.05) is 27.2 Å². The summed E-state index contributed by atoms with van der Waals surface area (Å²) >= 11 is 0. The Bertz CT molecular complexity index is 351. The number of nitro groups is 1. The molecule has 5 heteroatoms. The van der Waals surface area contributed by atoms with Crippen LogP contribution in [0, 0.1) is 10.1 Å². The molecular weight excluding hydrogens is 218 g/mol. The number of non-ortho nitro benzene ring substituents is 1. The van der Waals surface area contributed by atoms with Crippen LogP contribution in [0.1, 0.15) is 12.0 Å². The second kappa shape index (κ2) is 6.98. The number of rotatable bonds is 7. The number of hydrogen-bond acceptors (Lipinski definition) is 4. The first-order valence-corrected chi connectivity index (χ1v) is 5.70. The molecule has 0 aliphatic heterocycles. The van der Waals surface area contributed by atoms with E-state index in [-0.39, 0.29) is 10.6 Å². The van der Waals surface area contributed by atoms with Gasteiger partial charge in [-0.25, -0.2) is 0 Å². The van der Waals surface area contributed by atoms with Gasteiger partial charge in [-0.1, -0.05) is 12.1 Å². The summed E-state index contributed by atoms with van der Waals surface area (Å²) in [6.07, 6.45) is 1.10. The van der Waals surface area contributed by atoms with E-state index in [1.807, 2.05) is 19.2 Å². The molecule has 0 spiro atoms. The zero-order chi connectivity index (χ0) is 12.7. The Morgan fingerprint density at radius 3 is 2.53 bits per heavy atom. The predicted octanol–water partition coefficient (Wildman–Crippen LogP) is 1.64. The molecule has 5 nitrogen and oxygen atoms in total. The fourth-order valence-electron chi connectivity index (χ4n) is 1.64. The van der Waals surface area contributed by atoms with Crippen molar-refractivity contribution in [1.82, 2.24) is 10.2 Å². The number of nitrogens with zero attached hydrogens (tertiary/aromatic N) is 2. The lowest BCUT2D eigenvalue weighted by Crippen LogP contribution is -2.22. The third kappa shape index (κ3) is 4.93. The number of hydrogen-bond donors (Lipinski definition) is 1. The van der Waals surface area contributed by atoms with Crippen LogP contribution in [-0.2, 0) is 6.54 Å². The van der Waals surface area contributed by atoms with E-state index in [1.165, 1.54) is 0 Å². The Morgan fingerprint density at radius 2 is 2.00 bits per heavy atom. The normalized spacial score (nSPS) is 10.8. The number of nitrogens with one attached hydrogen (secondary N) is 1. The Balaban J connectivity index is 2.43. The van der Waals surface area contributed by atoms with E-state index >= 15 is 0 Å². The minimum Gasteiger partial charge on any atom is -0.320 e. The summed E-state index contributed by atoms with van der Waals surface area (Å²) in [7, 11) is 3.99. The Morgan fingerprint density at radius 1 is 1.35 bits per heavy atom. The van der Waals surface area contributed by atoms with E-state index in [0.717, 1.165) is 31.6 Å². The molecule has 0 fully saturated rings. The van der Waals surface area contributed by atoms with Gasteiger partial charge in [0.2, 0.25) is 0 Å². The van der Waals surface area contributed by atoms with Crippen LogP contribution >= 0.6 is 0 Å². The van der Waals surface area contributed by atoms with Gasteiger partial charge < -0.3 is 10.2 Å². The van der Waals surface area contributed by atoms with Crippen LogP contribution in [-0.4, -0.2) is 37.0 Å². The molecule has 1 N–H and O–H groups in total. The molecule has 0 bridgehead atoms. The van der Waals surface area contributed by atoms with Crippen molar-refractivity contribution < 1.29 is 4.92 Å². The zero-order valence-electron chi connectivity index (χ0n) is 10.3. The van der Waals surface area contributed by atoms with Crippen molar-refractivity contribution in [3.8, 4) is 0 Å². The van der Waals surface area contributed by atoms with Gasteiger partial charge in [-0.05, 0) is 39.2 Å². The Kier molecular flexibility index (Phi) is 5.59. The first-order chi connectivity index (χ1) is 8.13. The van der Waals surface area contributed by atoms with Crippen LogP contribution in [0.15, 0.2) is 24.3 Å². The molecular formula is C12H19N3O2. The lowest BCUT2D eigenvalue weighted by molar-refractivity contribution is -0.384. The average molecular weight is 237 g/mol. The first-order valence-electron chi connectivity index (χ1n) is 5.70. The molecule has 0 amide bonds. The molecule has 0 atom stereocenters. The van der Waals surface area contributed by atoms with E-state index in [1.54, 1.807) is 12.1 Å². The average Bonchev–Trinajstić information content (AvgIpc) is 2.30. The predicted molar refractivity (Wildman–Crippen MR) is 68.0 cm³/mol. The van der Waals surface area contributed by atoms with E-state index in [2.05, 4.69) is 17.3 Å². The molecule has 0 radical (unpaired) electrons. The van der Waals surface area contributed by atoms with Crippen molar-refractivity contribution in [3.63, 3.8) is 0 Å². The smallest absolute Gasteiger partial charge is 0.269 e. The molecule has 0 saturated heterocycles. The second-order valence-corrected chi connectivity index (χ2v) is 4.12. The molecule has 94 valence electrons. The summed E-state index contributed by atoms with van der Waals surface area (Å²) in [4.78, 5) is 12.3. The van der Waals surface area contributed by atoms with Gasteiger partial charge in [0.25, 0.3) is 5.69 Å². The fraction of sp³-hybridized carbons (Fsp3) is 0.500. The SMILES string of the molecule is CNCCCN(C)Cc1ccc([N+](=O)[O-])cc1. The van der Waals surface area contributed by atoms with Crippen LogP contribution < -0.4 is 5.32 Å². The lowest BCUT2D eigenvalue weighted by atomic mass is 10.2.